The zero-order chi connectivity index (χ0) is 13.1. The fraction of sp³-hybridized carbons (Fsp3) is 0.571. The van der Waals surface area contributed by atoms with Crippen LogP contribution >= 0.6 is 0 Å². The average molecular weight is 258 g/mol. The lowest BCUT2D eigenvalue weighted by Crippen LogP contribution is -2.19. The van der Waals surface area contributed by atoms with Gasteiger partial charge in [-0.05, 0) is 53.7 Å². The van der Waals surface area contributed by atoms with Gasteiger partial charge in [0.1, 0.15) is 0 Å². The van der Waals surface area contributed by atoms with E-state index in [9.17, 15) is 13.3 Å². The van der Waals surface area contributed by atoms with E-state index in [0.717, 1.165) is 0 Å². The van der Waals surface area contributed by atoms with Gasteiger partial charge in [0.05, 0.1) is 6.10 Å². The predicted octanol–water partition coefficient (Wildman–Crippen LogP) is 4.45. The van der Waals surface area contributed by atoms with Gasteiger partial charge in [-0.1, -0.05) is 19.1 Å². The Kier molecular flexibility index (Phi) is 4.27. The maximum Gasteiger partial charge on any atom is 0.162 e. The molecule has 0 N–H and O–H groups in total. The largest absolute Gasteiger partial charge is 0.203 e. The molecule has 1 saturated carbocycles. The lowest BCUT2D eigenvalue weighted by atomic mass is 9.82. The highest BCUT2D eigenvalue weighted by molar-refractivity contribution is 5.29. The first-order chi connectivity index (χ1) is 8.67. The van der Waals surface area contributed by atoms with Gasteiger partial charge in [0.2, 0.25) is 0 Å². The molecule has 18 heavy (non-hydrogen) atoms. The average Bonchev–Trinajstić information content (AvgIpc) is 2.42. The van der Waals surface area contributed by atoms with Crippen molar-refractivity contribution in [2.45, 2.75) is 51.0 Å². The van der Waals surface area contributed by atoms with Crippen molar-refractivity contribution >= 4 is 0 Å². The van der Waals surface area contributed by atoms with Crippen molar-refractivity contribution in [2.75, 3.05) is 0 Å². The van der Waals surface area contributed by atoms with Crippen LogP contribution in [0.25, 0.3) is 0 Å². The van der Waals surface area contributed by atoms with E-state index in [-0.39, 0.29) is 12.0 Å². The number of rotatable bonds is 3. The Morgan fingerprint density at radius 3 is 2.33 bits per heavy atom. The standard InChI is InChI=1S/C14H17F3O/c1-2-9-5-8-12(14(16)13(9)15)10-3-6-11(18-17)7-4-10/h5,8,10-11H,2-4,6-7H2,1H3. The van der Waals surface area contributed by atoms with Crippen LogP contribution in [0.5, 0.6) is 0 Å². The molecule has 0 unspecified atom stereocenters. The van der Waals surface area contributed by atoms with E-state index in [2.05, 4.69) is 4.94 Å². The van der Waals surface area contributed by atoms with Crippen LogP contribution in [0, 0.1) is 11.6 Å². The summed E-state index contributed by atoms with van der Waals surface area (Å²) in [6.45, 7) is 1.79. The summed E-state index contributed by atoms with van der Waals surface area (Å²) in [5, 5.41) is 0. The Hall–Kier alpha value is -1.03. The number of benzene rings is 1. The number of hydrogen-bond acceptors (Lipinski definition) is 1. The van der Waals surface area contributed by atoms with Crippen LogP contribution in [0.15, 0.2) is 12.1 Å². The van der Waals surface area contributed by atoms with Crippen molar-refractivity contribution in [2.24, 2.45) is 0 Å². The zero-order valence-corrected chi connectivity index (χ0v) is 10.4. The highest BCUT2D eigenvalue weighted by atomic mass is 19.3. The molecule has 1 aromatic carbocycles. The molecule has 4 heteroatoms. The van der Waals surface area contributed by atoms with E-state index in [1.165, 1.54) is 0 Å². The molecule has 0 amide bonds. The monoisotopic (exact) mass is 258 g/mol. The lowest BCUT2D eigenvalue weighted by Gasteiger charge is -2.26. The van der Waals surface area contributed by atoms with Gasteiger partial charge in [-0.2, -0.15) is 4.94 Å². The topological polar surface area (TPSA) is 9.23 Å². The highest BCUT2D eigenvalue weighted by Crippen LogP contribution is 2.36. The summed E-state index contributed by atoms with van der Waals surface area (Å²) in [5.74, 6) is -1.50. The highest BCUT2D eigenvalue weighted by Gasteiger charge is 2.26. The summed E-state index contributed by atoms with van der Waals surface area (Å²) in [6.07, 6.45) is 2.47. The predicted molar refractivity (Wildman–Crippen MR) is 62.9 cm³/mol. The summed E-state index contributed by atoms with van der Waals surface area (Å²) in [4.78, 5) is 3.80. The summed E-state index contributed by atoms with van der Waals surface area (Å²) >= 11 is 0. The number of hydrogen-bond donors (Lipinski definition) is 0. The van der Waals surface area contributed by atoms with Gasteiger partial charge < -0.3 is 0 Å². The second-order valence-corrected chi connectivity index (χ2v) is 4.86. The zero-order valence-electron chi connectivity index (χ0n) is 10.4. The second kappa shape index (κ2) is 5.74. The minimum atomic E-state index is -0.737. The molecule has 1 fully saturated rings. The third kappa shape index (κ3) is 2.53. The van der Waals surface area contributed by atoms with Gasteiger partial charge in [-0.15, -0.1) is 0 Å². The smallest absolute Gasteiger partial charge is 0.162 e. The van der Waals surface area contributed by atoms with Gasteiger partial charge in [0, 0.05) is 0 Å². The molecule has 0 saturated heterocycles. The minimum Gasteiger partial charge on any atom is -0.203 e. The van der Waals surface area contributed by atoms with Crippen molar-refractivity contribution in [1.29, 1.82) is 0 Å². The van der Waals surface area contributed by atoms with Crippen LogP contribution in [-0.2, 0) is 11.4 Å². The van der Waals surface area contributed by atoms with Gasteiger partial charge in [0.25, 0.3) is 0 Å². The summed E-state index contributed by atoms with van der Waals surface area (Å²) < 4.78 is 39.6. The first-order valence-corrected chi connectivity index (χ1v) is 6.41. The van der Waals surface area contributed by atoms with E-state index in [1.807, 2.05) is 0 Å². The summed E-state index contributed by atoms with van der Waals surface area (Å²) in [7, 11) is 0. The molecule has 1 aliphatic carbocycles. The normalized spacial score (nSPS) is 24.2. The molecule has 1 nitrogen and oxygen atoms in total. The van der Waals surface area contributed by atoms with Crippen LogP contribution in [0.2, 0.25) is 0 Å². The number of aryl methyl sites for hydroxylation is 1. The molecule has 2 rings (SSSR count). The van der Waals surface area contributed by atoms with Gasteiger partial charge >= 0.3 is 0 Å². The fourth-order valence-electron chi connectivity index (χ4n) is 2.66. The Balaban J connectivity index is 2.17. The fourth-order valence-corrected chi connectivity index (χ4v) is 2.66. The molecule has 0 bridgehead atoms. The molecular formula is C14H17F3O. The quantitative estimate of drug-likeness (QED) is 0.778. The van der Waals surface area contributed by atoms with E-state index < -0.39 is 11.6 Å². The molecule has 100 valence electrons. The van der Waals surface area contributed by atoms with Crippen LogP contribution in [0.3, 0.4) is 0 Å². The lowest BCUT2D eigenvalue weighted by molar-refractivity contribution is -0.188. The Morgan fingerprint density at radius 2 is 1.78 bits per heavy atom. The van der Waals surface area contributed by atoms with Crippen molar-refractivity contribution in [1.82, 2.24) is 0 Å². The van der Waals surface area contributed by atoms with Crippen molar-refractivity contribution < 1.29 is 18.2 Å². The summed E-state index contributed by atoms with van der Waals surface area (Å²) in [6, 6.07) is 3.31. The molecule has 0 atom stereocenters. The molecule has 0 aromatic heterocycles. The van der Waals surface area contributed by atoms with Crippen LogP contribution in [0.4, 0.5) is 13.3 Å². The Labute approximate surface area is 105 Å². The van der Waals surface area contributed by atoms with Gasteiger partial charge in [-0.25, -0.2) is 8.78 Å². The SMILES string of the molecule is CCc1ccc(C2CCC(OF)CC2)c(F)c1F. The van der Waals surface area contributed by atoms with Gasteiger partial charge in [-0.3, -0.25) is 0 Å². The molecule has 0 radical (unpaired) electrons. The first-order valence-electron chi connectivity index (χ1n) is 6.41. The maximum atomic E-state index is 13.9. The summed E-state index contributed by atoms with van der Waals surface area (Å²) in [5.41, 5.74) is 0.819. The second-order valence-electron chi connectivity index (χ2n) is 4.86. The Morgan fingerprint density at radius 1 is 1.11 bits per heavy atom. The van der Waals surface area contributed by atoms with E-state index in [1.54, 1.807) is 19.1 Å². The number of halogens is 3. The first kappa shape index (κ1) is 13.4. The molecule has 0 spiro atoms. The Bertz CT molecular complexity index is 412. The third-order valence-electron chi connectivity index (χ3n) is 3.81. The van der Waals surface area contributed by atoms with Crippen LogP contribution in [0.1, 0.15) is 49.7 Å². The molecule has 1 aromatic rings. The van der Waals surface area contributed by atoms with E-state index in [0.29, 0.717) is 43.2 Å². The molecule has 1 aliphatic rings. The van der Waals surface area contributed by atoms with Crippen LogP contribution in [-0.4, -0.2) is 6.10 Å². The van der Waals surface area contributed by atoms with Crippen molar-refractivity contribution in [3.8, 4) is 0 Å². The third-order valence-corrected chi connectivity index (χ3v) is 3.81. The van der Waals surface area contributed by atoms with E-state index in [4.69, 9.17) is 0 Å². The molecular weight excluding hydrogens is 241 g/mol. The van der Waals surface area contributed by atoms with Gasteiger partial charge in [0.15, 0.2) is 11.6 Å². The molecule has 0 heterocycles. The maximum absolute atomic E-state index is 13.9. The van der Waals surface area contributed by atoms with Crippen molar-refractivity contribution in [3.63, 3.8) is 0 Å². The van der Waals surface area contributed by atoms with E-state index >= 15 is 0 Å². The molecule has 0 aliphatic heterocycles. The van der Waals surface area contributed by atoms with Crippen molar-refractivity contribution in [3.05, 3.63) is 34.9 Å². The van der Waals surface area contributed by atoms with Crippen LogP contribution < -0.4 is 0 Å². The minimum absolute atomic E-state index is 0.0307.